The number of halogens is 3. The van der Waals surface area contributed by atoms with Gasteiger partial charge in [0.2, 0.25) is 5.91 Å². The van der Waals surface area contributed by atoms with E-state index in [4.69, 9.17) is 28.9 Å². The second-order valence-corrected chi connectivity index (χ2v) is 5.17. The van der Waals surface area contributed by atoms with Crippen LogP contribution in [-0.4, -0.2) is 5.91 Å². The number of carbonyl (C=O) groups excluding carboxylic acids is 1. The summed E-state index contributed by atoms with van der Waals surface area (Å²) < 4.78 is 0.487. The van der Waals surface area contributed by atoms with Crippen LogP contribution in [0.5, 0.6) is 0 Å². The molecular weight excluding hydrogens is 315 g/mol. The number of carbonyl (C=O) groups is 1. The third-order valence-electron chi connectivity index (χ3n) is 1.98. The molecule has 1 aromatic carbocycles. The molecule has 88 valence electrons. The van der Waals surface area contributed by atoms with Crippen molar-refractivity contribution in [1.82, 2.24) is 0 Å². The van der Waals surface area contributed by atoms with Crippen molar-refractivity contribution >= 4 is 56.4 Å². The van der Waals surface area contributed by atoms with Crippen LogP contribution in [0.2, 0.25) is 10.0 Å². The number of hydrogen-bond donors (Lipinski definition) is 2. The average Bonchev–Trinajstić information content (AvgIpc) is 2.22. The first kappa shape index (κ1) is 13.6. The highest BCUT2D eigenvalue weighted by Crippen LogP contribution is 2.39. The number of nitrogen functional groups attached to an aromatic ring is 1. The van der Waals surface area contributed by atoms with Crippen molar-refractivity contribution in [3.05, 3.63) is 20.6 Å². The first-order chi connectivity index (χ1) is 7.34. The van der Waals surface area contributed by atoms with Crippen molar-refractivity contribution in [3.8, 4) is 0 Å². The van der Waals surface area contributed by atoms with E-state index < -0.39 is 0 Å². The zero-order chi connectivity index (χ0) is 12.5. The summed E-state index contributed by atoms with van der Waals surface area (Å²) >= 11 is 15.1. The largest absolute Gasteiger partial charge is 0.397 e. The molecule has 3 nitrogen and oxygen atoms in total. The van der Waals surface area contributed by atoms with Crippen LogP contribution in [0.15, 0.2) is 10.5 Å². The SMILES string of the molecule is CC(C)C(=O)Nc1cc(Cl)c(N)c(Br)c1Cl. The summed E-state index contributed by atoms with van der Waals surface area (Å²) in [4.78, 5) is 11.5. The topological polar surface area (TPSA) is 55.1 Å². The maximum atomic E-state index is 11.5. The van der Waals surface area contributed by atoms with Crippen LogP contribution >= 0.6 is 39.1 Å². The van der Waals surface area contributed by atoms with Gasteiger partial charge in [0, 0.05) is 5.92 Å². The number of hydrogen-bond acceptors (Lipinski definition) is 2. The standard InChI is InChI=1S/C10H11BrCl2N2O/c1-4(2)10(16)15-6-3-5(12)9(14)7(11)8(6)13/h3-4H,14H2,1-2H3,(H,15,16). The van der Waals surface area contributed by atoms with Crippen molar-refractivity contribution in [2.24, 2.45) is 5.92 Å². The number of amides is 1. The Labute approximate surface area is 112 Å². The van der Waals surface area contributed by atoms with E-state index in [1.807, 2.05) is 0 Å². The normalized spacial score (nSPS) is 10.6. The van der Waals surface area contributed by atoms with Gasteiger partial charge >= 0.3 is 0 Å². The number of benzene rings is 1. The van der Waals surface area contributed by atoms with Gasteiger partial charge in [0.15, 0.2) is 0 Å². The molecule has 0 spiro atoms. The molecule has 0 unspecified atom stereocenters. The van der Waals surface area contributed by atoms with E-state index in [0.717, 1.165) is 0 Å². The Morgan fingerprint density at radius 2 is 2.06 bits per heavy atom. The first-order valence-electron chi connectivity index (χ1n) is 4.58. The average molecular weight is 326 g/mol. The summed E-state index contributed by atoms with van der Waals surface area (Å²) in [5.41, 5.74) is 6.47. The minimum atomic E-state index is -0.133. The predicted molar refractivity (Wildman–Crippen MR) is 72.0 cm³/mol. The van der Waals surface area contributed by atoms with E-state index in [0.29, 0.717) is 25.9 Å². The van der Waals surface area contributed by atoms with Gasteiger partial charge in [-0.05, 0) is 22.0 Å². The molecule has 1 aromatic rings. The number of anilines is 2. The molecule has 0 aliphatic rings. The van der Waals surface area contributed by atoms with Gasteiger partial charge in [-0.15, -0.1) is 0 Å². The van der Waals surface area contributed by atoms with E-state index in [1.165, 1.54) is 6.07 Å². The molecule has 0 fully saturated rings. The molecule has 0 atom stereocenters. The molecule has 16 heavy (non-hydrogen) atoms. The quantitative estimate of drug-likeness (QED) is 0.639. The Morgan fingerprint density at radius 3 is 2.56 bits per heavy atom. The van der Waals surface area contributed by atoms with E-state index >= 15 is 0 Å². The van der Waals surface area contributed by atoms with Crippen LogP contribution in [-0.2, 0) is 4.79 Å². The molecule has 1 rings (SSSR count). The lowest BCUT2D eigenvalue weighted by Crippen LogP contribution is -2.18. The fourth-order valence-electron chi connectivity index (χ4n) is 0.977. The second-order valence-electron chi connectivity index (χ2n) is 3.59. The fourth-order valence-corrected chi connectivity index (χ4v) is 1.93. The zero-order valence-electron chi connectivity index (χ0n) is 8.77. The molecule has 0 radical (unpaired) electrons. The van der Waals surface area contributed by atoms with Gasteiger partial charge in [-0.2, -0.15) is 0 Å². The second kappa shape index (κ2) is 5.25. The zero-order valence-corrected chi connectivity index (χ0v) is 11.9. The van der Waals surface area contributed by atoms with Crippen molar-refractivity contribution in [2.75, 3.05) is 11.1 Å². The lowest BCUT2D eigenvalue weighted by molar-refractivity contribution is -0.118. The van der Waals surface area contributed by atoms with E-state index in [1.54, 1.807) is 13.8 Å². The van der Waals surface area contributed by atoms with E-state index in [-0.39, 0.29) is 11.8 Å². The number of nitrogens with one attached hydrogen (secondary N) is 1. The smallest absolute Gasteiger partial charge is 0.226 e. The Balaban J connectivity index is 3.11. The molecular formula is C10H11BrCl2N2O. The minimum absolute atomic E-state index is 0.130. The van der Waals surface area contributed by atoms with Gasteiger partial charge in [-0.25, -0.2) is 0 Å². The molecule has 1 amide bonds. The van der Waals surface area contributed by atoms with Crippen LogP contribution in [0, 0.1) is 5.92 Å². The van der Waals surface area contributed by atoms with Gasteiger partial charge in [0.05, 0.1) is 25.9 Å². The lowest BCUT2D eigenvalue weighted by atomic mass is 10.2. The maximum absolute atomic E-state index is 11.5. The van der Waals surface area contributed by atoms with Gasteiger partial charge in [-0.3, -0.25) is 4.79 Å². The Hall–Kier alpha value is -0.450. The van der Waals surface area contributed by atoms with Crippen molar-refractivity contribution < 1.29 is 4.79 Å². The first-order valence-corrected chi connectivity index (χ1v) is 6.13. The van der Waals surface area contributed by atoms with Crippen molar-refractivity contribution in [2.45, 2.75) is 13.8 Å². The van der Waals surface area contributed by atoms with Gasteiger partial charge in [0.1, 0.15) is 0 Å². The molecule has 0 aliphatic carbocycles. The lowest BCUT2D eigenvalue weighted by Gasteiger charge is -2.12. The maximum Gasteiger partial charge on any atom is 0.226 e. The van der Waals surface area contributed by atoms with Crippen LogP contribution in [0.3, 0.4) is 0 Å². The van der Waals surface area contributed by atoms with Crippen LogP contribution in [0.25, 0.3) is 0 Å². The van der Waals surface area contributed by atoms with Crippen LogP contribution < -0.4 is 11.1 Å². The molecule has 0 bridgehead atoms. The predicted octanol–water partition coefficient (Wildman–Crippen LogP) is 3.93. The molecule has 0 aromatic heterocycles. The Morgan fingerprint density at radius 1 is 1.50 bits per heavy atom. The Kier molecular flexibility index (Phi) is 4.47. The van der Waals surface area contributed by atoms with Crippen molar-refractivity contribution in [3.63, 3.8) is 0 Å². The fraction of sp³-hybridized carbons (Fsp3) is 0.300. The summed E-state index contributed by atoms with van der Waals surface area (Å²) in [6, 6.07) is 1.53. The van der Waals surface area contributed by atoms with Gasteiger partial charge in [0.25, 0.3) is 0 Å². The highest BCUT2D eigenvalue weighted by atomic mass is 79.9. The van der Waals surface area contributed by atoms with Crippen molar-refractivity contribution in [1.29, 1.82) is 0 Å². The minimum Gasteiger partial charge on any atom is -0.397 e. The summed E-state index contributed by atoms with van der Waals surface area (Å²) in [7, 11) is 0. The monoisotopic (exact) mass is 324 g/mol. The molecule has 0 saturated heterocycles. The third kappa shape index (κ3) is 2.81. The van der Waals surface area contributed by atoms with Crippen LogP contribution in [0.1, 0.15) is 13.8 Å². The van der Waals surface area contributed by atoms with E-state index in [2.05, 4.69) is 21.2 Å². The van der Waals surface area contributed by atoms with Gasteiger partial charge in [-0.1, -0.05) is 37.0 Å². The number of rotatable bonds is 2. The highest BCUT2D eigenvalue weighted by molar-refractivity contribution is 9.10. The van der Waals surface area contributed by atoms with E-state index in [9.17, 15) is 4.79 Å². The molecule has 3 N–H and O–H groups in total. The molecule has 0 saturated carbocycles. The van der Waals surface area contributed by atoms with Crippen LogP contribution in [0.4, 0.5) is 11.4 Å². The molecule has 0 aliphatic heterocycles. The summed E-state index contributed by atoms with van der Waals surface area (Å²) in [6.45, 7) is 3.58. The third-order valence-corrected chi connectivity index (χ3v) is 3.73. The summed E-state index contributed by atoms with van der Waals surface area (Å²) in [6.07, 6.45) is 0. The highest BCUT2D eigenvalue weighted by Gasteiger charge is 2.15. The number of nitrogens with two attached hydrogens (primary N) is 1. The molecule has 6 heteroatoms. The molecule has 0 heterocycles. The van der Waals surface area contributed by atoms with Gasteiger partial charge < -0.3 is 11.1 Å². The summed E-state index contributed by atoms with van der Waals surface area (Å²) in [5.74, 6) is -0.263. The Bertz CT molecular complexity index is 435. The summed E-state index contributed by atoms with van der Waals surface area (Å²) in [5, 5.41) is 3.36.